The Morgan fingerprint density at radius 2 is 1.61 bits per heavy atom. The fraction of sp³-hybridized carbons (Fsp3) is 0.327. The van der Waals surface area contributed by atoms with Crippen LogP contribution in [0.4, 0.5) is 15.9 Å². The molecule has 0 spiro atoms. The number of benzene rings is 3. The molecule has 0 saturated carbocycles. The molecule has 1 atom stereocenters. The van der Waals surface area contributed by atoms with Crippen molar-refractivity contribution >= 4 is 52.1 Å². The Labute approximate surface area is 384 Å². The van der Waals surface area contributed by atoms with Crippen LogP contribution in [0.15, 0.2) is 85.3 Å². The molecule has 10 rings (SSSR count). The number of rotatable bonds is 11. The van der Waals surface area contributed by atoms with Crippen molar-refractivity contribution in [1.29, 1.82) is 0 Å². The highest BCUT2D eigenvalue weighted by Gasteiger charge is 2.45. The lowest BCUT2D eigenvalue weighted by atomic mass is 9.90. The third kappa shape index (κ3) is 8.44. The van der Waals surface area contributed by atoms with Gasteiger partial charge in [0.1, 0.15) is 35.4 Å². The maximum atomic E-state index is 13.9. The quantitative estimate of drug-likeness (QED) is 0.146. The summed E-state index contributed by atoms with van der Waals surface area (Å²) in [5.74, 6) is -1.52. The number of nitrogens with one attached hydrogen (secondary N) is 2. The molecule has 4 N–H and O–H groups in total. The average molecular weight is 906 g/mol. The summed E-state index contributed by atoms with van der Waals surface area (Å²) < 4.78 is 20.8. The molecule has 7 heterocycles. The standard InChI is InChI=1S/C49H48FN11O6/c1-67-40-12-6-32(50)22-37(40)46(63)53-24-28-2-4-31(5-3-28)43-42-44(51)54-27-55-45(42)61(57-43)34-8-10-38(52-25-34)30-16-18-58(19-17-30)26-29-14-20-59(21-15-29)33-7-9-35-36(23-33)49(66)60(48(35)65)39-11-13-41(62)56-47(39)64/h2-10,12,22-23,25,27,29-30,39H,11,13-21,24,26H2,1H3,(H,53,63)(H2,51,54,55)(H,56,62,64). The number of halogens is 1. The maximum absolute atomic E-state index is 13.9. The summed E-state index contributed by atoms with van der Waals surface area (Å²) in [7, 11) is 1.43. The number of methoxy groups -OCH3 is 1. The first-order chi connectivity index (χ1) is 32.5. The summed E-state index contributed by atoms with van der Waals surface area (Å²) in [5.41, 5.74) is 12.5. The Morgan fingerprint density at radius 3 is 2.34 bits per heavy atom. The van der Waals surface area contributed by atoms with E-state index in [9.17, 15) is 28.4 Å². The molecule has 18 heteroatoms. The van der Waals surface area contributed by atoms with E-state index in [1.807, 2.05) is 42.6 Å². The molecular formula is C49H48FN11O6. The molecule has 5 amide bonds. The van der Waals surface area contributed by atoms with Gasteiger partial charge in [0.25, 0.3) is 17.7 Å². The zero-order chi connectivity index (χ0) is 46.3. The van der Waals surface area contributed by atoms with Crippen LogP contribution in [0.25, 0.3) is 28.0 Å². The summed E-state index contributed by atoms with van der Waals surface area (Å²) in [6.07, 6.45) is 7.48. The summed E-state index contributed by atoms with van der Waals surface area (Å²) in [5, 5.41) is 10.6. The molecule has 3 saturated heterocycles. The van der Waals surface area contributed by atoms with Gasteiger partial charge in [-0.15, -0.1) is 0 Å². The van der Waals surface area contributed by atoms with E-state index in [0.717, 1.165) is 97.6 Å². The molecule has 6 aromatic rings. The number of ether oxygens (including phenoxy) is 1. The topological polar surface area (TPSA) is 211 Å². The van der Waals surface area contributed by atoms with E-state index in [2.05, 4.69) is 36.5 Å². The number of likely N-dealkylation sites (tertiary alicyclic amines) is 1. The number of carbonyl (C=O) groups excluding carboxylic acids is 5. The van der Waals surface area contributed by atoms with Gasteiger partial charge in [-0.1, -0.05) is 24.3 Å². The highest BCUT2D eigenvalue weighted by atomic mass is 19.1. The monoisotopic (exact) mass is 905 g/mol. The van der Waals surface area contributed by atoms with Gasteiger partial charge in [-0.25, -0.2) is 19.0 Å². The lowest BCUT2D eigenvalue weighted by molar-refractivity contribution is -0.136. The van der Waals surface area contributed by atoms with Gasteiger partial charge in [-0.05, 0) is 105 Å². The Bertz CT molecular complexity index is 2930. The number of hydrogen-bond acceptors (Lipinski definition) is 13. The van der Waals surface area contributed by atoms with Crippen LogP contribution in [-0.2, 0) is 16.1 Å². The van der Waals surface area contributed by atoms with Crippen molar-refractivity contribution in [3.8, 4) is 22.7 Å². The predicted octanol–water partition coefficient (Wildman–Crippen LogP) is 5.03. The molecule has 0 bridgehead atoms. The molecule has 3 fully saturated rings. The van der Waals surface area contributed by atoms with Gasteiger partial charge in [0, 0.05) is 55.5 Å². The molecule has 1 unspecified atom stereocenters. The minimum atomic E-state index is -0.982. The molecule has 3 aromatic heterocycles. The number of piperidine rings is 3. The van der Waals surface area contributed by atoms with Gasteiger partial charge in [0.05, 0.1) is 41.1 Å². The number of imide groups is 2. The van der Waals surface area contributed by atoms with Crippen LogP contribution >= 0.6 is 0 Å². The number of amides is 5. The third-order valence-corrected chi connectivity index (χ3v) is 13.5. The Morgan fingerprint density at radius 1 is 0.851 bits per heavy atom. The normalized spacial score (nSPS) is 18.4. The van der Waals surface area contributed by atoms with Gasteiger partial charge in [0.2, 0.25) is 11.8 Å². The van der Waals surface area contributed by atoms with Crippen LogP contribution in [0, 0.1) is 11.7 Å². The smallest absolute Gasteiger partial charge is 0.262 e. The van der Waals surface area contributed by atoms with Crippen molar-refractivity contribution in [2.24, 2.45) is 5.92 Å². The number of aromatic nitrogens is 5. The molecule has 0 radical (unpaired) electrons. The van der Waals surface area contributed by atoms with Gasteiger partial charge in [-0.3, -0.25) is 39.2 Å². The number of pyridine rings is 1. The molecule has 342 valence electrons. The average Bonchev–Trinajstić information content (AvgIpc) is 3.86. The summed E-state index contributed by atoms with van der Waals surface area (Å²) in [4.78, 5) is 83.1. The molecule has 4 aliphatic heterocycles. The van der Waals surface area contributed by atoms with E-state index in [-0.39, 0.29) is 30.7 Å². The first kappa shape index (κ1) is 43.3. The largest absolute Gasteiger partial charge is 0.496 e. The minimum Gasteiger partial charge on any atom is -0.496 e. The highest BCUT2D eigenvalue weighted by Crippen LogP contribution is 2.35. The number of fused-ring (bicyclic) bond motifs is 2. The maximum Gasteiger partial charge on any atom is 0.262 e. The van der Waals surface area contributed by atoms with E-state index in [0.29, 0.717) is 45.5 Å². The fourth-order valence-corrected chi connectivity index (χ4v) is 9.84. The SMILES string of the molecule is COc1ccc(F)cc1C(=O)NCc1ccc(-c2nn(-c3ccc(C4CCN(CC5CCN(c6ccc7c(c6)C(=O)N(C6CCC(=O)NC6=O)C7=O)CC5)CC4)nc3)c3ncnc(N)c23)cc1. The van der Waals surface area contributed by atoms with Crippen LogP contribution < -0.4 is 26.0 Å². The van der Waals surface area contributed by atoms with Crippen LogP contribution in [0.2, 0.25) is 0 Å². The van der Waals surface area contributed by atoms with Crippen molar-refractivity contribution in [2.45, 2.75) is 57.0 Å². The van der Waals surface area contributed by atoms with Gasteiger partial charge < -0.3 is 25.6 Å². The van der Waals surface area contributed by atoms with Gasteiger partial charge in [0.15, 0.2) is 5.65 Å². The second-order valence-corrected chi connectivity index (χ2v) is 17.6. The number of anilines is 2. The van der Waals surface area contributed by atoms with Gasteiger partial charge in [-0.2, -0.15) is 5.10 Å². The summed E-state index contributed by atoms with van der Waals surface area (Å²) >= 11 is 0. The Hall–Kier alpha value is -7.60. The highest BCUT2D eigenvalue weighted by molar-refractivity contribution is 6.23. The molecule has 3 aromatic carbocycles. The summed E-state index contributed by atoms with van der Waals surface area (Å²) in [6.45, 7) is 4.87. The van der Waals surface area contributed by atoms with E-state index < -0.39 is 41.4 Å². The number of carbonyl (C=O) groups is 5. The van der Waals surface area contributed by atoms with Crippen LogP contribution in [0.1, 0.15) is 86.8 Å². The van der Waals surface area contributed by atoms with E-state index in [1.165, 1.54) is 25.6 Å². The van der Waals surface area contributed by atoms with Crippen molar-refractivity contribution in [2.75, 3.05) is 50.5 Å². The summed E-state index contributed by atoms with van der Waals surface area (Å²) in [6, 6.07) is 19.8. The lowest BCUT2D eigenvalue weighted by Gasteiger charge is -2.38. The van der Waals surface area contributed by atoms with Gasteiger partial charge >= 0.3 is 0 Å². The Balaban J connectivity index is 0.730. The number of nitrogen functional groups attached to an aromatic ring is 1. The van der Waals surface area contributed by atoms with E-state index >= 15 is 0 Å². The second kappa shape index (κ2) is 18.0. The first-order valence-corrected chi connectivity index (χ1v) is 22.5. The van der Waals surface area contributed by atoms with E-state index in [1.54, 1.807) is 16.8 Å². The number of hydrogen-bond donors (Lipinski definition) is 3. The van der Waals surface area contributed by atoms with E-state index in [4.69, 9.17) is 20.6 Å². The van der Waals surface area contributed by atoms with Crippen molar-refractivity contribution in [1.82, 2.24) is 45.2 Å². The zero-order valence-corrected chi connectivity index (χ0v) is 36.8. The van der Waals surface area contributed by atoms with Crippen molar-refractivity contribution in [3.05, 3.63) is 119 Å². The first-order valence-electron chi connectivity index (χ1n) is 22.5. The second-order valence-electron chi connectivity index (χ2n) is 17.6. The molecule has 17 nitrogen and oxygen atoms in total. The fourth-order valence-electron chi connectivity index (χ4n) is 9.84. The molecule has 67 heavy (non-hydrogen) atoms. The minimum absolute atomic E-state index is 0.0845. The van der Waals surface area contributed by atoms with Crippen molar-refractivity contribution in [3.63, 3.8) is 0 Å². The number of nitrogens with two attached hydrogens (primary N) is 1. The lowest BCUT2D eigenvalue weighted by Crippen LogP contribution is -2.54. The van der Waals surface area contributed by atoms with Crippen LogP contribution in [0.3, 0.4) is 0 Å². The third-order valence-electron chi connectivity index (χ3n) is 13.5. The number of nitrogens with zero attached hydrogens (tertiary/aromatic N) is 8. The molecule has 0 aliphatic carbocycles. The van der Waals surface area contributed by atoms with Crippen LogP contribution in [-0.4, -0.2) is 110 Å². The molecular weight excluding hydrogens is 858 g/mol. The zero-order valence-electron chi connectivity index (χ0n) is 36.8. The molecule has 4 aliphatic rings. The predicted molar refractivity (Wildman–Crippen MR) is 245 cm³/mol. The Kier molecular flexibility index (Phi) is 11.6. The van der Waals surface area contributed by atoms with Crippen molar-refractivity contribution < 1.29 is 33.1 Å². The van der Waals surface area contributed by atoms with Crippen LogP contribution in [0.5, 0.6) is 5.75 Å².